The predicted molar refractivity (Wildman–Crippen MR) is 60.5 cm³/mol. The highest BCUT2D eigenvalue weighted by Gasteiger charge is 2.26. The molecule has 0 spiro atoms. The fourth-order valence-electron chi connectivity index (χ4n) is 2.08. The molecule has 0 aromatic heterocycles. The molecule has 0 amide bonds. The number of Topliss-reactive ketones (excluding diaryl/α,β-unsaturated/α-hetero) is 1. The lowest BCUT2D eigenvalue weighted by Gasteiger charge is -2.21. The molecule has 1 unspecified atom stereocenters. The number of hydrogen-bond donors (Lipinski definition) is 0. The number of carbonyl (C=O) groups is 1. The maximum absolute atomic E-state index is 11.7. The van der Waals surface area contributed by atoms with Gasteiger partial charge in [0.2, 0.25) is 0 Å². The molecular formula is C11H20O3S. The van der Waals surface area contributed by atoms with Gasteiger partial charge in [-0.05, 0) is 12.8 Å². The van der Waals surface area contributed by atoms with Gasteiger partial charge in [0.15, 0.2) is 15.6 Å². The third kappa shape index (κ3) is 3.93. The molecule has 0 N–H and O–H groups in total. The Morgan fingerprint density at radius 2 is 1.80 bits per heavy atom. The Morgan fingerprint density at radius 3 is 2.27 bits per heavy atom. The Bertz CT molecular complexity index is 313. The minimum Gasteiger partial charge on any atom is -0.298 e. The summed E-state index contributed by atoms with van der Waals surface area (Å²) in [5, 5.41) is -0.820. The molecule has 15 heavy (non-hydrogen) atoms. The van der Waals surface area contributed by atoms with Crippen LogP contribution in [0.3, 0.4) is 0 Å². The molecule has 1 aliphatic carbocycles. The maximum atomic E-state index is 11.7. The molecule has 1 fully saturated rings. The zero-order valence-corrected chi connectivity index (χ0v) is 10.3. The van der Waals surface area contributed by atoms with E-state index >= 15 is 0 Å². The predicted octanol–water partition coefficient (Wildman–Crippen LogP) is 1.96. The minimum atomic E-state index is -3.20. The van der Waals surface area contributed by atoms with E-state index in [0.717, 1.165) is 19.1 Å². The number of hydrogen-bond acceptors (Lipinski definition) is 3. The Morgan fingerprint density at radius 1 is 1.27 bits per heavy atom. The van der Waals surface area contributed by atoms with Gasteiger partial charge < -0.3 is 0 Å². The van der Waals surface area contributed by atoms with Gasteiger partial charge in [-0.1, -0.05) is 32.1 Å². The van der Waals surface area contributed by atoms with Crippen molar-refractivity contribution in [2.75, 3.05) is 6.26 Å². The van der Waals surface area contributed by atoms with E-state index in [4.69, 9.17) is 0 Å². The van der Waals surface area contributed by atoms with E-state index in [0.29, 0.717) is 12.3 Å². The van der Waals surface area contributed by atoms with Crippen LogP contribution in [0.4, 0.5) is 0 Å². The summed E-state index contributed by atoms with van der Waals surface area (Å²) in [4.78, 5) is 11.7. The van der Waals surface area contributed by atoms with Gasteiger partial charge in [-0.2, -0.15) is 0 Å². The van der Waals surface area contributed by atoms with Crippen LogP contribution in [0, 0.1) is 5.92 Å². The third-order valence-corrected chi connectivity index (χ3v) is 4.86. The molecule has 0 radical (unpaired) electrons. The molecule has 1 aliphatic rings. The highest BCUT2D eigenvalue weighted by Crippen LogP contribution is 2.27. The minimum absolute atomic E-state index is 0.107. The lowest BCUT2D eigenvalue weighted by Crippen LogP contribution is -2.28. The van der Waals surface area contributed by atoms with Gasteiger partial charge >= 0.3 is 0 Å². The monoisotopic (exact) mass is 232 g/mol. The largest absolute Gasteiger partial charge is 0.298 e. The van der Waals surface area contributed by atoms with Crippen molar-refractivity contribution in [2.45, 2.75) is 50.7 Å². The van der Waals surface area contributed by atoms with Crippen molar-refractivity contribution in [1.29, 1.82) is 0 Å². The molecule has 3 nitrogen and oxygen atoms in total. The molecule has 0 bridgehead atoms. The third-order valence-electron chi connectivity index (χ3n) is 3.31. The number of carbonyl (C=O) groups excluding carboxylic acids is 1. The summed E-state index contributed by atoms with van der Waals surface area (Å²) in [6.07, 6.45) is 7.39. The zero-order chi connectivity index (χ0) is 11.5. The quantitative estimate of drug-likeness (QED) is 0.744. The van der Waals surface area contributed by atoms with Crippen LogP contribution in [0.25, 0.3) is 0 Å². The molecule has 4 heteroatoms. The van der Waals surface area contributed by atoms with Crippen molar-refractivity contribution in [3.63, 3.8) is 0 Å². The number of sulfone groups is 1. The van der Waals surface area contributed by atoms with Crippen LogP contribution in [0.5, 0.6) is 0 Å². The van der Waals surface area contributed by atoms with E-state index in [1.807, 2.05) is 0 Å². The highest BCUT2D eigenvalue weighted by atomic mass is 32.2. The second kappa shape index (κ2) is 5.10. The molecule has 1 saturated carbocycles. The second-order valence-electron chi connectivity index (χ2n) is 4.65. The molecule has 1 rings (SSSR count). The average molecular weight is 232 g/mol. The van der Waals surface area contributed by atoms with Crippen molar-refractivity contribution in [2.24, 2.45) is 5.92 Å². The fourth-order valence-corrected chi connectivity index (χ4v) is 2.65. The smallest absolute Gasteiger partial charge is 0.157 e. The molecule has 1 atom stereocenters. The highest BCUT2D eigenvalue weighted by molar-refractivity contribution is 7.92. The van der Waals surface area contributed by atoms with Gasteiger partial charge in [0, 0.05) is 12.7 Å². The SMILES string of the molecule is CC(C(=O)CC1CCCCC1)S(C)(=O)=O. The number of ketones is 1. The van der Waals surface area contributed by atoms with Crippen molar-refractivity contribution in [3.05, 3.63) is 0 Å². The van der Waals surface area contributed by atoms with Gasteiger partial charge in [-0.15, -0.1) is 0 Å². The van der Waals surface area contributed by atoms with Crippen molar-refractivity contribution in [1.82, 2.24) is 0 Å². The Kier molecular flexibility index (Phi) is 4.32. The average Bonchev–Trinajstić information content (AvgIpc) is 2.16. The summed E-state index contributed by atoms with van der Waals surface area (Å²) < 4.78 is 22.4. The van der Waals surface area contributed by atoms with E-state index < -0.39 is 15.1 Å². The van der Waals surface area contributed by atoms with Gasteiger partial charge in [0.1, 0.15) is 5.25 Å². The summed E-state index contributed by atoms with van der Waals surface area (Å²) >= 11 is 0. The Labute approximate surface area is 92.2 Å². The summed E-state index contributed by atoms with van der Waals surface area (Å²) in [6.45, 7) is 1.50. The molecule has 0 aromatic rings. The van der Waals surface area contributed by atoms with Crippen molar-refractivity contribution >= 4 is 15.6 Å². The van der Waals surface area contributed by atoms with E-state index in [9.17, 15) is 13.2 Å². The standard InChI is InChI=1S/C11H20O3S/c1-9(15(2,13)14)11(12)8-10-6-4-3-5-7-10/h9-10H,3-8H2,1-2H3. The van der Waals surface area contributed by atoms with Crippen LogP contribution in [0.2, 0.25) is 0 Å². The maximum Gasteiger partial charge on any atom is 0.157 e. The van der Waals surface area contributed by atoms with Crippen molar-refractivity contribution < 1.29 is 13.2 Å². The summed E-state index contributed by atoms with van der Waals surface area (Å²) in [6, 6.07) is 0. The first-order valence-electron chi connectivity index (χ1n) is 5.63. The molecule has 0 aromatic carbocycles. The normalized spacial score (nSPS) is 21.2. The van der Waals surface area contributed by atoms with Gasteiger partial charge in [0.05, 0.1) is 0 Å². The molecular weight excluding hydrogens is 212 g/mol. The summed E-state index contributed by atoms with van der Waals surface area (Å²) in [5.41, 5.74) is 0. The van der Waals surface area contributed by atoms with E-state index in [1.54, 1.807) is 0 Å². The fraction of sp³-hybridized carbons (Fsp3) is 0.909. The first kappa shape index (κ1) is 12.7. The van der Waals surface area contributed by atoms with Crippen LogP contribution in [-0.2, 0) is 14.6 Å². The second-order valence-corrected chi connectivity index (χ2v) is 7.01. The lowest BCUT2D eigenvalue weighted by atomic mass is 9.85. The molecule has 88 valence electrons. The molecule has 0 heterocycles. The van der Waals surface area contributed by atoms with Gasteiger partial charge in [0.25, 0.3) is 0 Å². The summed E-state index contributed by atoms with van der Waals surface area (Å²) in [5.74, 6) is 0.319. The van der Waals surface area contributed by atoms with Gasteiger partial charge in [-0.25, -0.2) is 8.42 Å². The topological polar surface area (TPSA) is 51.2 Å². The van der Waals surface area contributed by atoms with Crippen LogP contribution >= 0.6 is 0 Å². The van der Waals surface area contributed by atoms with Crippen LogP contribution in [0.15, 0.2) is 0 Å². The van der Waals surface area contributed by atoms with Gasteiger partial charge in [-0.3, -0.25) is 4.79 Å². The first-order valence-corrected chi connectivity index (χ1v) is 7.58. The number of rotatable bonds is 4. The van der Waals surface area contributed by atoms with Crippen LogP contribution in [0.1, 0.15) is 45.4 Å². The van der Waals surface area contributed by atoms with Crippen molar-refractivity contribution in [3.8, 4) is 0 Å². The molecule has 0 saturated heterocycles. The Balaban J connectivity index is 2.47. The van der Waals surface area contributed by atoms with Crippen LogP contribution in [-0.4, -0.2) is 25.7 Å². The van der Waals surface area contributed by atoms with E-state index in [1.165, 1.54) is 26.2 Å². The van der Waals surface area contributed by atoms with E-state index in [-0.39, 0.29) is 5.78 Å². The summed E-state index contributed by atoms with van der Waals surface area (Å²) in [7, 11) is -3.20. The molecule has 0 aliphatic heterocycles. The zero-order valence-electron chi connectivity index (χ0n) is 9.53. The lowest BCUT2D eigenvalue weighted by molar-refractivity contribution is -0.119. The first-order chi connectivity index (χ1) is 6.91. The van der Waals surface area contributed by atoms with Crippen LogP contribution < -0.4 is 0 Å². The van der Waals surface area contributed by atoms with E-state index in [2.05, 4.69) is 0 Å². The Hall–Kier alpha value is -0.380.